The molecular formula is C26H25ClF2N6O. The summed E-state index contributed by atoms with van der Waals surface area (Å²) in [5.41, 5.74) is 2.72. The molecule has 2 N–H and O–H groups in total. The molecule has 1 saturated heterocycles. The van der Waals surface area contributed by atoms with Crippen molar-refractivity contribution < 1.29 is 13.5 Å². The standard InChI is InChI=1S/C26H25ClF2N6O/c1-16(30)21-14-20(15-31-24(21)32-18-6-4-5-17(27)13-18)36-19-9-11-34(12-10-19)26-33-22-7-2-3-8-23(22)35(26)25(28)29/h2-8,13-15,19,25,30H,9-12H2,1H3,(H,31,32). The summed E-state index contributed by atoms with van der Waals surface area (Å²) in [6, 6.07) is 16.0. The van der Waals surface area contributed by atoms with Gasteiger partial charge in [-0.3, -0.25) is 4.57 Å². The summed E-state index contributed by atoms with van der Waals surface area (Å²) in [5.74, 6) is 1.38. The number of para-hydroxylation sites is 2. The van der Waals surface area contributed by atoms with E-state index in [0.29, 0.717) is 64.8 Å². The van der Waals surface area contributed by atoms with Crippen molar-refractivity contribution in [2.24, 2.45) is 0 Å². The van der Waals surface area contributed by atoms with Crippen LogP contribution in [0.4, 0.5) is 26.2 Å². The number of nitrogens with zero attached hydrogens (tertiary/aromatic N) is 4. The molecule has 3 heterocycles. The summed E-state index contributed by atoms with van der Waals surface area (Å²) < 4.78 is 34.8. The lowest BCUT2D eigenvalue weighted by Gasteiger charge is -2.33. The fourth-order valence-corrected chi connectivity index (χ4v) is 4.60. The first kappa shape index (κ1) is 24.0. The number of nitrogens with one attached hydrogen (secondary N) is 2. The number of ether oxygens (including phenoxy) is 1. The smallest absolute Gasteiger partial charge is 0.321 e. The number of rotatable bonds is 7. The van der Waals surface area contributed by atoms with Crippen LogP contribution in [0.25, 0.3) is 11.0 Å². The van der Waals surface area contributed by atoms with Crippen LogP contribution in [-0.2, 0) is 0 Å². The molecule has 1 fully saturated rings. The predicted molar refractivity (Wildman–Crippen MR) is 138 cm³/mol. The Morgan fingerprint density at radius 2 is 1.92 bits per heavy atom. The van der Waals surface area contributed by atoms with Crippen molar-refractivity contribution >= 4 is 45.8 Å². The number of anilines is 3. The fourth-order valence-electron chi connectivity index (χ4n) is 4.41. The fraction of sp³-hybridized carbons (Fsp3) is 0.269. The van der Waals surface area contributed by atoms with E-state index in [-0.39, 0.29) is 12.1 Å². The summed E-state index contributed by atoms with van der Waals surface area (Å²) >= 11 is 6.07. The van der Waals surface area contributed by atoms with Gasteiger partial charge in [-0.2, -0.15) is 8.78 Å². The van der Waals surface area contributed by atoms with Gasteiger partial charge in [0.25, 0.3) is 0 Å². The van der Waals surface area contributed by atoms with Crippen LogP contribution in [0.5, 0.6) is 5.75 Å². The third-order valence-electron chi connectivity index (χ3n) is 6.15. The van der Waals surface area contributed by atoms with E-state index in [1.54, 1.807) is 55.6 Å². The predicted octanol–water partition coefficient (Wildman–Crippen LogP) is 6.66. The number of benzene rings is 2. The summed E-state index contributed by atoms with van der Waals surface area (Å²) in [7, 11) is 0. The second kappa shape index (κ2) is 10.1. The van der Waals surface area contributed by atoms with Gasteiger partial charge in [0.15, 0.2) is 0 Å². The number of halogens is 3. The summed E-state index contributed by atoms with van der Waals surface area (Å²) in [6.07, 6.45) is 2.82. The van der Waals surface area contributed by atoms with Crippen LogP contribution in [0.15, 0.2) is 60.8 Å². The SMILES string of the molecule is CC(=N)c1cc(OC2CCN(c3nc4ccccc4n3C(F)F)CC2)cnc1Nc1cccc(Cl)c1. The maximum Gasteiger partial charge on any atom is 0.321 e. The minimum Gasteiger partial charge on any atom is -0.489 e. The van der Waals surface area contributed by atoms with E-state index in [0.717, 1.165) is 10.3 Å². The number of hydrogen-bond acceptors (Lipinski definition) is 6. The van der Waals surface area contributed by atoms with Gasteiger partial charge in [0.2, 0.25) is 5.95 Å². The Labute approximate surface area is 212 Å². The molecule has 7 nitrogen and oxygen atoms in total. The molecular weight excluding hydrogens is 486 g/mol. The number of imidazole rings is 1. The number of pyridine rings is 1. The van der Waals surface area contributed by atoms with Crippen molar-refractivity contribution in [3.63, 3.8) is 0 Å². The van der Waals surface area contributed by atoms with Crippen LogP contribution in [0.1, 0.15) is 31.9 Å². The average Bonchev–Trinajstić information content (AvgIpc) is 3.25. The molecule has 0 aliphatic carbocycles. The summed E-state index contributed by atoms with van der Waals surface area (Å²) in [4.78, 5) is 10.8. The second-order valence-electron chi connectivity index (χ2n) is 8.68. The van der Waals surface area contributed by atoms with Crippen LogP contribution < -0.4 is 15.0 Å². The first-order valence-electron chi connectivity index (χ1n) is 11.6. The molecule has 0 saturated carbocycles. The molecule has 2 aromatic heterocycles. The quantitative estimate of drug-likeness (QED) is 0.272. The van der Waals surface area contributed by atoms with Gasteiger partial charge in [0.1, 0.15) is 17.7 Å². The van der Waals surface area contributed by atoms with Gasteiger partial charge in [-0.15, -0.1) is 0 Å². The van der Waals surface area contributed by atoms with Gasteiger partial charge in [-0.1, -0.05) is 29.8 Å². The Balaban J connectivity index is 1.28. The first-order chi connectivity index (χ1) is 17.4. The van der Waals surface area contributed by atoms with Crippen LogP contribution in [-0.4, -0.2) is 39.4 Å². The van der Waals surface area contributed by atoms with E-state index in [1.807, 2.05) is 17.0 Å². The normalized spacial score (nSPS) is 14.4. The monoisotopic (exact) mass is 510 g/mol. The highest BCUT2D eigenvalue weighted by molar-refractivity contribution is 6.30. The maximum absolute atomic E-state index is 13.8. The lowest BCUT2D eigenvalue weighted by molar-refractivity contribution is 0.0752. The first-order valence-corrected chi connectivity index (χ1v) is 12.0. The van der Waals surface area contributed by atoms with Crippen LogP contribution in [0, 0.1) is 5.41 Å². The zero-order valence-corrected chi connectivity index (χ0v) is 20.3. The van der Waals surface area contributed by atoms with Crippen LogP contribution >= 0.6 is 11.6 Å². The molecule has 0 bridgehead atoms. The number of aromatic nitrogens is 3. The molecule has 10 heteroatoms. The molecule has 36 heavy (non-hydrogen) atoms. The molecule has 186 valence electrons. The summed E-state index contributed by atoms with van der Waals surface area (Å²) in [6.45, 7) is 0.101. The van der Waals surface area contributed by atoms with E-state index < -0.39 is 6.55 Å². The number of hydrogen-bond donors (Lipinski definition) is 2. The second-order valence-corrected chi connectivity index (χ2v) is 9.12. The number of alkyl halides is 2. The molecule has 0 spiro atoms. The lowest BCUT2D eigenvalue weighted by atomic mass is 10.1. The van der Waals surface area contributed by atoms with Gasteiger partial charge >= 0.3 is 6.55 Å². The van der Waals surface area contributed by atoms with E-state index in [2.05, 4.69) is 15.3 Å². The Hall–Kier alpha value is -3.72. The molecule has 0 amide bonds. The Morgan fingerprint density at radius 3 is 2.64 bits per heavy atom. The Kier molecular flexibility index (Phi) is 6.73. The molecule has 1 aliphatic heterocycles. The van der Waals surface area contributed by atoms with E-state index in [1.165, 1.54) is 0 Å². The zero-order valence-electron chi connectivity index (χ0n) is 19.6. The largest absolute Gasteiger partial charge is 0.489 e. The third-order valence-corrected chi connectivity index (χ3v) is 6.39. The van der Waals surface area contributed by atoms with Gasteiger partial charge in [0.05, 0.1) is 17.2 Å². The van der Waals surface area contributed by atoms with Crippen LogP contribution in [0.3, 0.4) is 0 Å². The van der Waals surface area contributed by atoms with E-state index in [9.17, 15) is 8.78 Å². The molecule has 1 aliphatic rings. The average molecular weight is 511 g/mol. The molecule has 0 unspecified atom stereocenters. The van der Waals surface area contributed by atoms with Crippen molar-refractivity contribution in [3.8, 4) is 5.75 Å². The van der Waals surface area contributed by atoms with E-state index in [4.69, 9.17) is 21.7 Å². The van der Waals surface area contributed by atoms with Gasteiger partial charge < -0.3 is 20.4 Å². The molecule has 5 rings (SSSR count). The van der Waals surface area contributed by atoms with Crippen molar-refractivity contribution in [3.05, 3.63) is 71.4 Å². The highest BCUT2D eigenvalue weighted by Crippen LogP contribution is 2.31. The third kappa shape index (κ3) is 4.97. The lowest BCUT2D eigenvalue weighted by Crippen LogP contribution is -2.39. The zero-order chi connectivity index (χ0) is 25.2. The molecule has 2 aromatic carbocycles. The van der Waals surface area contributed by atoms with Gasteiger partial charge in [-0.25, -0.2) is 9.97 Å². The maximum atomic E-state index is 13.8. The molecule has 0 atom stereocenters. The Morgan fingerprint density at radius 1 is 1.14 bits per heavy atom. The minimum atomic E-state index is -2.67. The van der Waals surface area contributed by atoms with Crippen LogP contribution in [0.2, 0.25) is 5.02 Å². The molecule has 0 radical (unpaired) electrons. The number of fused-ring (bicyclic) bond motifs is 1. The minimum absolute atomic E-state index is 0.0990. The Bertz CT molecular complexity index is 1400. The van der Waals surface area contributed by atoms with Crippen molar-refractivity contribution in [2.45, 2.75) is 32.4 Å². The highest BCUT2D eigenvalue weighted by atomic mass is 35.5. The summed E-state index contributed by atoms with van der Waals surface area (Å²) in [5, 5.41) is 12.0. The molecule has 4 aromatic rings. The van der Waals surface area contributed by atoms with Gasteiger partial charge in [0, 0.05) is 47.9 Å². The van der Waals surface area contributed by atoms with Gasteiger partial charge in [-0.05, 0) is 43.3 Å². The topological polar surface area (TPSA) is 79.1 Å². The van der Waals surface area contributed by atoms with Crippen molar-refractivity contribution in [2.75, 3.05) is 23.3 Å². The van der Waals surface area contributed by atoms with E-state index >= 15 is 0 Å². The van der Waals surface area contributed by atoms with Crippen molar-refractivity contribution in [1.82, 2.24) is 14.5 Å². The van der Waals surface area contributed by atoms with Crippen molar-refractivity contribution in [1.29, 1.82) is 5.41 Å². The number of piperidine rings is 1. The highest BCUT2D eigenvalue weighted by Gasteiger charge is 2.27.